The van der Waals surface area contributed by atoms with Crippen LogP contribution in [0, 0.1) is 5.41 Å². The minimum absolute atomic E-state index is 0.123. The molecular formula is C21H34N4O4S. The highest BCUT2D eigenvalue weighted by Crippen LogP contribution is 2.31. The zero-order chi connectivity index (χ0) is 22.4. The van der Waals surface area contributed by atoms with Crippen LogP contribution in [0.15, 0.2) is 29.2 Å². The van der Waals surface area contributed by atoms with Gasteiger partial charge in [-0.3, -0.25) is 4.79 Å². The highest BCUT2D eigenvalue weighted by Gasteiger charge is 2.38. The first-order chi connectivity index (χ1) is 14.1. The average molecular weight is 439 g/mol. The summed E-state index contributed by atoms with van der Waals surface area (Å²) in [5.74, 6) is -0.244. The van der Waals surface area contributed by atoms with Crippen LogP contribution < -0.4 is 16.0 Å². The van der Waals surface area contributed by atoms with Crippen molar-refractivity contribution in [3.63, 3.8) is 0 Å². The lowest BCUT2D eigenvalue weighted by atomic mass is 9.86. The molecule has 1 atom stereocenters. The smallest absolute Gasteiger partial charge is 0.315 e. The third kappa shape index (κ3) is 6.43. The van der Waals surface area contributed by atoms with E-state index in [1.54, 1.807) is 18.2 Å². The SMILES string of the molecule is CCCCCNC(=O)CNC(=O)NC(CN1Cc2ccccc2S1(=O)=O)C(C)(C)C. The number of hydrogen-bond donors (Lipinski definition) is 3. The summed E-state index contributed by atoms with van der Waals surface area (Å²) in [6.45, 7) is 8.81. The highest BCUT2D eigenvalue weighted by molar-refractivity contribution is 7.89. The quantitative estimate of drug-likeness (QED) is 0.514. The molecule has 3 N–H and O–H groups in total. The molecule has 1 aromatic carbocycles. The highest BCUT2D eigenvalue weighted by atomic mass is 32.2. The summed E-state index contributed by atoms with van der Waals surface area (Å²) in [5, 5.41) is 8.17. The van der Waals surface area contributed by atoms with Crippen LogP contribution in [-0.2, 0) is 21.4 Å². The Labute approximate surface area is 179 Å². The molecule has 0 spiro atoms. The van der Waals surface area contributed by atoms with Crippen LogP contribution in [0.5, 0.6) is 0 Å². The lowest BCUT2D eigenvalue weighted by molar-refractivity contribution is -0.120. The second-order valence-corrected chi connectivity index (χ2v) is 10.6. The maximum Gasteiger partial charge on any atom is 0.315 e. The normalized spacial score (nSPS) is 16.5. The van der Waals surface area contributed by atoms with Crippen molar-refractivity contribution < 1.29 is 18.0 Å². The number of hydrogen-bond acceptors (Lipinski definition) is 4. The Balaban J connectivity index is 1.93. The second kappa shape index (κ2) is 10.3. The monoisotopic (exact) mass is 438 g/mol. The molecule has 0 saturated carbocycles. The van der Waals surface area contributed by atoms with E-state index in [9.17, 15) is 18.0 Å². The van der Waals surface area contributed by atoms with Crippen molar-refractivity contribution >= 4 is 22.0 Å². The maximum absolute atomic E-state index is 12.8. The first-order valence-electron chi connectivity index (χ1n) is 10.4. The minimum Gasteiger partial charge on any atom is -0.355 e. The number of sulfonamides is 1. The van der Waals surface area contributed by atoms with Gasteiger partial charge in [-0.25, -0.2) is 13.2 Å². The summed E-state index contributed by atoms with van der Waals surface area (Å²) in [4.78, 5) is 24.5. The van der Waals surface area contributed by atoms with Crippen molar-refractivity contribution in [1.29, 1.82) is 0 Å². The summed E-state index contributed by atoms with van der Waals surface area (Å²) >= 11 is 0. The third-order valence-corrected chi connectivity index (χ3v) is 7.10. The summed E-state index contributed by atoms with van der Waals surface area (Å²) in [6.07, 6.45) is 3.03. The van der Waals surface area contributed by atoms with Crippen LogP contribution in [0.3, 0.4) is 0 Å². The van der Waals surface area contributed by atoms with Gasteiger partial charge in [-0.1, -0.05) is 58.7 Å². The number of benzene rings is 1. The van der Waals surface area contributed by atoms with Gasteiger partial charge in [0.2, 0.25) is 15.9 Å². The Kier molecular flexibility index (Phi) is 8.25. The van der Waals surface area contributed by atoms with Gasteiger partial charge >= 0.3 is 6.03 Å². The Bertz CT molecular complexity index is 849. The van der Waals surface area contributed by atoms with Gasteiger partial charge in [-0.2, -0.15) is 4.31 Å². The molecule has 1 aliphatic heterocycles. The van der Waals surface area contributed by atoms with Gasteiger partial charge in [0, 0.05) is 25.7 Å². The predicted molar refractivity (Wildman–Crippen MR) is 116 cm³/mol. The van der Waals surface area contributed by atoms with E-state index >= 15 is 0 Å². The van der Waals surface area contributed by atoms with Gasteiger partial charge in [0.05, 0.1) is 11.4 Å². The van der Waals surface area contributed by atoms with E-state index in [-0.39, 0.29) is 31.0 Å². The van der Waals surface area contributed by atoms with Crippen molar-refractivity contribution in [2.45, 2.75) is 64.4 Å². The molecule has 1 aromatic rings. The predicted octanol–water partition coefficient (Wildman–Crippen LogP) is 2.21. The number of nitrogens with one attached hydrogen (secondary N) is 3. The number of carbonyl (C=O) groups excluding carboxylic acids is 2. The molecule has 0 radical (unpaired) electrons. The molecule has 0 fully saturated rings. The Morgan fingerprint density at radius 1 is 1.13 bits per heavy atom. The molecular weight excluding hydrogens is 404 g/mol. The second-order valence-electron chi connectivity index (χ2n) is 8.71. The van der Waals surface area contributed by atoms with Gasteiger partial charge in [0.1, 0.15) is 0 Å². The molecule has 30 heavy (non-hydrogen) atoms. The zero-order valence-corrected chi connectivity index (χ0v) is 19.1. The summed E-state index contributed by atoms with van der Waals surface area (Å²) in [7, 11) is -3.58. The Hall–Kier alpha value is -2.13. The van der Waals surface area contributed by atoms with E-state index < -0.39 is 22.1 Å². The first-order valence-corrected chi connectivity index (χ1v) is 11.9. The number of fused-ring (bicyclic) bond motifs is 1. The van der Waals surface area contributed by atoms with Crippen molar-refractivity contribution in [2.24, 2.45) is 5.41 Å². The molecule has 168 valence electrons. The molecule has 0 aliphatic carbocycles. The fourth-order valence-corrected chi connectivity index (χ4v) is 4.88. The van der Waals surface area contributed by atoms with Crippen molar-refractivity contribution in [3.8, 4) is 0 Å². The van der Waals surface area contributed by atoms with Crippen LogP contribution in [0.25, 0.3) is 0 Å². The molecule has 1 aliphatic rings. The number of unbranched alkanes of at least 4 members (excludes halogenated alkanes) is 2. The third-order valence-electron chi connectivity index (χ3n) is 5.19. The van der Waals surface area contributed by atoms with E-state index in [0.29, 0.717) is 11.4 Å². The molecule has 8 nitrogen and oxygen atoms in total. The van der Waals surface area contributed by atoms with Crippen LogP contribution in [0.1, 0.15) is 52.5 Å². The molecule has 1 unspecified atom stereocenters. The van der Waals surface area contributed by atoms with Gasteiger partial charge in [-0.15, -0.1) is 0 Å². The van der Waals surface area contributed by atoms with Gasteiger partial charge in [0.25, 0.3) is 0 Å². The zero-order valence-electron chi connectivity index (χ0n) is 18.3. The van der Waals surface area contributed by atoms with Gasteiger partial charge in [0.15, 0.2) is 0 Å². The number of nitrogens with zero attached hydrogens (tertiary/aromatic N) is 1. The number of carbonyl (C=O) groups is 2. The van der Waals surface area contributed by atoms with Crippen LogP contribution in [0.2, 0.25) is 0 Å². The summed E-state index contributed by atoms with van der Waals surface area (Å²) in [5.41, 5.74) is 0.374. The number of urea groups is 1. The van der Waals surface area contributed by atoms with E-state index in [1.807, 2.05) is 26.8 Å². The minimum atomic E-state index is -3.58. The largest absolute Gasteiger partial charge is 0.355 e. The van der Waals surface area contributed by atoms with Crippen LogP contribution in [-0.4, -0.2) is 50.3 Å². The van der Waals surface area contributed by atoms with E-state index in [0.717, 1.165) is 24.8 Å². The van der Waals surface area contributed by atoms with Crippen molar-refractivity contribution in [3.05, 3.63) is 29.8 Å². The van der Waals surface area contributed by atoms with Crippen LogP contribution in [0.4, 0.5) is 4.79 Å². The fraction of sp³-hybridized carbons (Fsp3) is 0.619. The fourth-order valence-electron chi connectivity index (χ4n) is 3.24. The van der Waals surface area contributed by atoms with Gasteiger partial charge in [-0.05, 0) is 23.5 Å². The summed E-state index contributed by atoms with van der Waals surface area (Å²) in [6, 6.07) is 6.01. The lowest BCUT2D eigenvalue weighted by Gasteiger charge is -2.34. The molecule has 0 saturated heterocycles. The van der Waals surface area contributed by atoms with E-state index in [1.165, 1.54) is 4.31 Å². The van der Waals surface area contributed by atoms with Crippen molar-refractivity contribution in [1.82, 2.24) is 20.3 Å². The average Bonchev–Trinajstić information content (AvgIpc) is 2.93. The molecule has 9 heteroatoms. The Morgan fingerprint density at radius 3 is 2.47 bits per heavy atom. The Morgan fingerprint density at radius 2 is 1.83 bits per heavy atom. The lowest BCUT2D eigenvalue weighted by Crippen LogP contribution is -2.54. The number of rotatable bonds is 9. The van der Waals surface area contributed by atoms with Crippen molar-refractivity contribution in [2.75, 3.05) is 19.6 Å². The van der Waals surface area contributed by atoms with Gasteiger partial charge < -0.3 is 16.0 Å². The van der Waals surface area contributed by atoms with E-state index in [2.05, 4.69) is 22.9 Å². The first kappa shape index (κ1) is 24.1. The molecule has 0 aromatic heterocycles. The maximum atomic E-state index is 12.8. The van der Waals surface area contributed by atoms with Crippen LogP contribution >= 0.6 is 0 Å². The molecule has 2 rings (SSSR count). The topological polar surface area (TPSA) is 108 Å². The number of amides is 3. The standard InChI is InChI=1S/C21H34N4O4S/c1-5-6-9-12-22-19(26)13-23-20(27)24-18(21(2,3)4)15-25-14-16-10-7-8-11-17(16)30(25,28)29/h7-8,10-11,18H,5-6,9,12-15H2,1-4H3,(H,22,26)(H2,23,24,27). The van der Waals surface area contributed by atoms with E-state index in [4.69, 9.17) is 0 Å². The molecule has 1 heterocycles. The molecule has 3 amide bonds. The summed E-state index contributed by atoms with van der Waals surface area (Å²) < 4.78 is 27.1. The molecule has 0 bridgehead atoms.